The molecule has 0 bridgehead atoms. The van der Waals surface area contributed by atoms with Gasteiger partial charge in [-0.15, -0.1) is 10.2 Å². The minimum atomic E-state index is -0.879. The molecule has 0 fully saturated rings. The number of rotatable bonds is 5. The van der Waals surface area contributed by atoms with E-state index in [1.165, 1.54) is 0 Å². The highest BCUT2D eigenvalue weighted by Crippen LogP contribution is 2.35. The van der Waals surface area contributed by atoms with Crippen molar-refractivity contribution in [1.29, 1.82) is 0 Å². The van der Waals surface area contributed by atoms with E-state index in [0.29, 0.717) is 29.9 Å². The number of carboxylic acid groups (broad SMARTS) is 1. The standard InChI is InChI=1S/C16H19N3O4S/c1-10(2)19-15(17-18-16(19)24-9-14(20)21)11-4-5-12-13(8-11)23-7-3-6-22-12/h4-5,8,10H,3,6-7,9H2,1-2H3,(H,20,21). The number of aliphatic carboxylic acids is 1. The zero-order chi connectivity index (χ0) is 17.1. The van der Waals surface area contributed by atoms with Crippen LogP contribution in [0.1, 0.15) is 26.3 Å². The van der Waals surface area contributed by atoms with Gasteiger partial charge in [0.25, 0.3) is 0 Å². The van der Waals surface area contributed by atoms with Gasteiger partial charge >= 0.3 is 5.97 Å². The van der Waals surface area contributed by atoms with Crippen molar-refractivity contribution in [2.45, 2.75) is 31.5 Å². The first-order valence-corrected chi connectivity index (χ1v) is 8.74. The molecule has 0 saturated heterocycles. The smallest absolute Gasteiger partial charge is 0.313 e. The molecular formula is C16H19N3O4S. The highest BCUT2D eigenvalue weighted by atomic mass is 32.2. The van der Waals surface area contributed by atoms with Crippen LogP contribution in [0.3, 0.4) is 0 Å². The Labute approximate surface area is 144 Å². The summed E-state index contributed by atoms with van der Waals surface area (Å²) in [6, 6.07) is 5.79. The lowest BCUT2D eigenvalue weighted by atomic mass is 10.2. The first-order chi connectivity index (χ1) is 11.6. The van der Waals surface area contributed by atoms with Gasteiger partial charge in [0.05, 0.1) is 19.0 Å². The minimum Gasteiger partial charge on any atom is -0.490 e. The summed E-state index contributed by atoms with van der Waals surface area (Å²) < 4.78 is 13.3. The van der Waals surface area contributed by atoms with E-state index < -0.39 is 5.97 Å². The van der Waals surface area contributed by atoms with Crippen LogP contribution in [-0.4, -0.2) is 44.8 Å². The molecule has 0 unspecified atom stereocenters. The van der Waals surface area contributed by atoms with Gasteiger partial charge in [-0.25, -0.2) is 0 Å². The highest BCUT2D eigenvalue weighted by Gasteiger charge is 2.19. The molecular weight excluding hydrogens is 330 g/mol. The number of nitrogens with zero attached hydrogens (tertiary/aromatic N) is 3. The minimum absolute atomic E-state index is 0.0496. The van der Waals surface area contributed by atoms with Crippen molar-refractivity contribution < 1.29 is 19.4 Å². The molecule has 1 aliphatic rings. The molecule has 24 heavy (non-hydrogen) atoms. The second-order valence-corrected chi connectivity index (χ2v) is 6.61. The van der Waals surface area contributed by atoms with E-state index in [9.17, 15) is 4.79 Å². The third-order valence-electron chi connectivity index (χ3n) is 3.51. The van der Waals surface area contributed by atoms with Crippen LogP contribution in [-0.2, 0) is 4.79 Å². The Morgan fingerprint density at radius 3 is 2.75 bits per heavy atom. The van der Waals surface area contributed by atoms with Crippen LogP contribution in [0.4, 0.5) is 0 Å². The molecule has 8 heteroatoms. The Kier molecular flexibility index (Phi) is 4.94. The fourth-order valence-electron chi connectivity index (χ4n) is 2.47. The summed E-state index contributed by atoms with van der Waals surface area (Å²) in [7, 11) is 0. The van der Waals surface area contributed by atoms with Crippen molar-refractivity contribution in [3.63, 3.8) is 0 Å². The topological polar surface area (TPSA) is 86.5 Å². The van der Waals surface area contributed by atoms with Gasteiger partial charge in [-0.05, 0) is 32.0 Å². The predicted molar refractivity (Wildman–Crippen MR) is 89.8 cm³/mol. The number of carbonyl (C=O) groups is 1. The van der Waals surface area contributed by atoms with Crippen LogP contribution in [0, 0.1) is 0 Å². The summed E-state index contributed by atoms with van der Waals surface area (Å²) in [6.07, 6.45) is 0.849. The van der Waals surface area contributed by atoms with Crippen LogP contribution < -0.4 is 9.47 Å². The molecule has 0 spiro atoms. The second-order valence-electron chi connectivity index (χ2n) is 5.66. The number of carboxylic acids is 1. The van der Waals surface area contributed by atoms with E-state index in [2.05, 4.69) is 10.2 Å². The number of hydrogen-bond donors (Lipinski definition) is 1. The van der Waals surface area contributed by atoms with Crippen LogP contribution >= 0.6 is 11.8 Å². The predicted octanol–water partition coefficient (Wildman–Crippen LogP) is 2.86. The van der Waals surface area contributed by atoms with Gasteiger partial charge in [0.15, 0.2) is 22.5 Å². The van der Waals surface area contributed by atoms with Crippen molar-refractivity contribution in [3.05, 3.63) is 18.2 Å². The van der Waals surface area contributed by atoms with Crippen molar-refractivity contribution >= 4 is 17.7 Å². The van der Waals surface area contributed by atoms with Gasteiger partial charge in [0, 0.05) is 18.0 Å². The molecule has 2 aromatic rings. The number of hydrogen-bond acceptors (Lipinski definition) is 6. The lowest BCUT2D eigenvalue weighted by Crippen LogP contribution is -2.07. The van der Waals surface area contributed by atoms with Crippen molar-refractivity contribution in [2.75, 3.05) is 19.0 Å². The summed E-state index contributed by atoms with van der Waals surface area (Å²) in [5, 5.41) is 17.9. The van der Waals surface area contributed by atoms with Crippen LogP contribution in [0.5, 0.6) is 11.5 Å². The number of fused-ring (bicyclic) bond motifs is 1. The largest absolute Gasteiger partial charge is 0.490 e. The molecule has 0 saturated carbocycles. The Bertz CT molecular complexity index is 745. The monoisotopic (exact) mass is 349 g/mol. The van der Waals surface area contributed by atoms with E-state index in [-0.39, 0.29) is 11.8 Å². The number of thioether (sulfide) groups is 1. The van der Waals surface area contributed by atoms with E-state index in [4.69, 9.17) is 14.6 Å². The molecule has 0 atom stereocenters. The number of aromatic nitrogens is 3. The summed E-state index contributed by atoms with van der Waals surface area (Å²) in [5.41, 5.74) is 0.864. The summed E-state index contributed by atoms with van der Waals surface area (Å²) in [4.78, 5) is 10.8. The third kappa shape index (κ3) is 3.48. The molecule has 0 aliphatic carbocycles. The highest BCUT2D eigenvalue weighted by molar-refractivity contribution is 7.99. The van der Waals surface area contributed by atoms with Crippen LogP contribution in [0.15, 0.2) is 23.4 Å². The van der Waals surface area contributed by atoms with Gasteiger partial charge in [-0.2, -0.15) is 0 Å². The maximum Gasteiger partial charge on any atom is 0.313 e. The Morgan fingerprint density at radius 1 is 1.29 bits per heavy atom. The average Bonchev–Trinajstić information content (AvgIpc) is 2.83. The fourth-order valence-corrected chi connectivity index (χ4v) is 3.25. The lowest BCUT2D eigenvalue weighted by Gasteiger charge is -2.14. The summed E-state index contributed by atoms with van der Waals surface area (Å²) >= 11 is 1.16. The summed E-state index contributed by atoms with van der Waals surface area (Å²) in [5.74, 6) is 1.19. The molecule has 1 aromatic heterocycles. The zero-order valence-electron chi connectivity index (χ0n) is 13.6. The Balaban J connectivity index is 1.97. The average molecular weight is 349 g/mol. The van der Waals surface area contributed by atoms with Gasteiger partial charge < -0.3 is 14.6 Å². The molecule has 128 valence electrons. The lowest BCUT2D eigenvalue weighted by molar-refractivity contribution is -0.133. The molecule has 0 amide bonds. The maximum absolute atomic E-state index is 10.8. The van der Waals surface area contributed by atoms with Gasteiger partial charge in [-0.1, -0.05) is 11.8 Å². The van der Waals surface area contributed by atoms with E-state index in [0.717, 1.165) is 29.5 Å². The quantitative estimate of drug-likeness (QED) is 0.831. The molecule has 1 aliphatic heterocycles. The normalized spacial score (nSPS) is 13.8. The first kappa shape index (κ1) is 16.6. The van der Waals surface area contributed by atoms with E-state index in [1.54, 1.807) is 0 Å². The molecule has 7 nitrogen and oxygen atoms in total. The maximum atomic E-state index is 10.8. The van der Waals surface area contributed by atoms with E-state index >= 15 is 0 Å². The Morgan fingerprint density at radius 2 is 2.04 bits per heavy atom. The van der Waals surface area contributed by atoms with Crippen LogP contribution in [0.2, 0.25) is 0 Å². The van der Waals surface area contributed by atoms with E-state index in [1.807, 2.05) is 36.6 Å². The zero-order valence-corrected chi connectivity index (χ0v) is 14.4. The second kappa shape index (κ2) is 7.12. The molecule has 0 radical (unpaired) electrons. The molecule has 3 rings (SSSR count). The Hall–Kier alpha value is -2.22. The fraction of sp³-hybridized carbons (Fsp3) is 0.438. The van der Waals surface area contributed by atoms with Gasteiger partial charge in [-0.3, -0.25) is 9.36 Å². The molecule has 1 N–H and O–H groups in total. The van der Waals surface area contributed by atoms with Crippen molar-refractivity contribution in [3.8, 4) is 22.9 Å². The molecule has 1 aromatic carbocycles. The molecule has 2 heterocycles. The van der Waals surface area contributed by atoms with Crippen molar-refractivity contribution in [1.82, 2.24) is 14.8 Å². The van der Waals surface area contributed by atoms with Crippen molar-refractivity contribution in [2.24, 2.45) is 0 Å². The van der Waals surface area contributed by atoms with Crippen LogP contribution in [0.25, 0.3) is 11.4 Å². The number of ether oxygens (including phenoxy) is 2. The SMILES string of the molecule is CC(C)n1c(SCC(=O)O)nnc1-c1ccc2c(c1)OCCCO2. The van der Waals surface area contributed by atoms with Gasteiger partial charge in [0.2, 0.25) is 0 Å². The third-order valence-corrected chi connectivity index (χ3v) is 4.44. The first-order valence-electron chi connectivity index (χ1n) is 7.76. The van der Waals surface area contributed by atoms with Gasteiger partial charge in [0.1, 0.15) is 0 Å². The number of benzene rings is 1. The summed E-state index contributed by atoms with van der Waals surface area (Å²) in [6.45, 7) is 5.29.